The number of nitrogens with zero attached hydrogens (tertiary/aromatic N) is 4. The zero-order valence-corrected chi connectivity index (χ0v) is 14.6. The van der Waals surface area contributed by atoms with Crippen molar-refractivity contribution in [2.24, 2.45) is 0 Å². The highest BCUT2D eigenvalue weighted by molar-refractivity contribution is 5.76. The van der Waals surface area contributed by atoms with E-state index in [0.717, 1.165) is 38.3 Å². The van der Waals surface area contributed by atoms with Crippen LogP contribution in [0.25, 0.3) is 0 Å². The van der Waals surface area contributed by atoms with Crippen LogP contribution in [0, 0.1) is 13.8 Å². The van der Waals surface area contributed by atoms with Gasteiger partial charge < -0.3 is 4.90 Å². The van der Waals surface area contributed by atoms with Crippen LogP contribution in [0.3, 0.4) is 0 Å². The molecule has 1 aromatic carbocycles. The minimum atomic E-state index is 0.235. The van der Waals surface area contributed by atoms with E-state index in [0.29, 0.717) is 13.0 Å². The van der Waals surface area contributed by atoms with Crippen LogP contribution in [0.15, 0.2) is 36.7 Å². The Bertz CT molecular complexity index is 686. The van der Waals surface area contributed by atoms with E-state index in [4.69, 9.17) is 0 Å². The maximum atomic E-state index is 12.4. The third-order valence-electron chi connectivity index (χ3n) is 4.53. The van der Waals surface area contributed by atoms with E-state index < -0.39 is 0 Å². The van der Waals surface area contributed by atoms with E-state index in [1.54, 1.807) is 0 Å². The molecular formula is C19H26N4O. The molecule has 0 unspecified atom stereocenters. The predicted octanol–water partition coefficient (Wildman–Crippen LogP) is 2.23. The van der Waals surface area contributed by atoms with Crippen LogP contribution in [0.5, 0.6) is 0 Å². The summed E-state index contributed by atoms with van der Waals surface area (Å²) in [4.78, 5) is 16.8. The van der Waals surface area contributed by atoms with Gasteiger partial charge in [-0.15, -0.1) is 0 Å². The first-order chi connectivity index (χ1) is 11.6. The van der Waals surface area contributed by atoms with Gasteiger partial charge >= 0.3 is 0 Å². The zero-order chi connectivity index (χ0) is 16.9. The Morgan fingerprint density at radius 1 is 1.12 bits per heavy atom. The highest BCUT2D eigenvalue weighted by Crippen LogP contribution is 2.11. The third-order valence-corrected chi connectivity index (χ3v) is 4.53. The van der Waals surface area contributed by atoms with Crippen molar-refractivity contribution in [2.45, 2.75) is 33.4 Å². The number of aryl methyl sites for hydroxylation is 3. The molecule has 1 aromatic heterocycles. The Morgan fingerprint density at radius 3 is 2.58 bits per heavy atom. The summed E-state index contributed by atoms with van der Waals surface area (Å²) in [6, 6.07) is 8.66. The first-order valence-corrected chi connectivity index (χ1v) is 8.65. The average Bonchev–Trinajstić information content (AvgIpc) is 2.99. The van der Waals surface area contributed by atoms with Crippen molar-refractivity contribution in [3.63, 3.8) is 0 Å². The van der Waals surface area contributed by atoms with Gasteiger partial charge in [-0.2, -0.15) is 5.10 Å². The van der Waals surface area contributed by atoms with Gasteiger partial charge in [0, 0.05) is 51.9 Å². The van der Waals surface area contributed by atoms with Gasteiger partial charge in [0.1, 0.15) is 0 Å². The second kappa shape index (κ2) is 7.62. The SMILES string of the molecule is Cc1cccc(CN2CCN(C(=O)CCn3cc(C)cn3)CC2)c1. The monoisotopic (exact) mass is 326 g/mol. The van der Waals surface area contributed by atoms with Crippen molar-refractivity contribution in [3.8, 4) is 0 Å². The summed E-state index contributed by atoms with van der Waals surface area (Å²) in [5, 5.41) is 4.24. The fourth-order valence-electron chi connectivity index (χ4n) is 3.18. The molecule has 3 rings (SSSR count). The lowest BCUT2D eigenvalue weighted by atomic mass is 10.1. The molecule has 1 amide bonds. The number of piperazine rings is 1. The molecule has 0 atom stereocenters. The molecule has 1 aliphatic heterocycles. The maximum Gasteiger partial charge on any atom is 0.224 e. The lowest BCUT2D eigenvalue weighted by Gasteiger charge is -2.34. The van der Waals surface area contributed by atoms with Crippen molar-refractivity contribution < 1.29 is 4.79 Å². The van der Waals surface area contributed by atoms with Gasteiger partial charge in [-0.05, 0) is 25.0 Å². The molecule has 0 radical (unpaired) electrons. The highest BCUT2D eigenvalue weighted by Gasteiger charge is 2.20. The summed E-state index contributed by atoms with van der Waals surface area (Å²) in [7, 11) is 0. The van der Waals surface area contributed by atoms with Crippen molar-refractivity contribution in [2.75, 3.05) is 26.2 Å². The van der Waals surface area contributed by atoms with E-state index in [2.05, 4.69) is 41.2 Å². The van der Waals surface area contributed by atoms with E-state index in [1.807, 2.05) is 28.9 Å². The lowest BCUT2D eigenvalue weighted by Crippen LogP contribution is -2.48. The number of aromatic nitrogens is 2. The number of carbonyl (C=O) groups excluding carboxylic acids is 1. The number of benzene rings is 1. The normalized spacial score (nSPS) is 15.7. The number of hydrogen-bond acceptors (Lipinski definition) is 3. The van der Waals surface area contributed by atoms with Crippen molar-refractivity contribution in [1.82, 2.24) is 19.6 Å². The van der Waals surface area contributed by atoms with Crippen LogP contribution in [-0.2, 0) is 17.9 Å². The molecule has 5 heteroatoms. The number of hydrogen-bond donors (Lipinski definition) is 0. The van der Waals surface area contributed by atoms with Gasteiger partial charge in [-0.25, -0.2) is 0 Å². The van der Waals surface area contributed by atoms with Gasteiger partial charge in [0.2, 0.25) is 5.91 Å². The molecule has 24 heavy (non-hydrogen) atoms. The molecule has 2 heterocycles. The molecular weight excluding hydrogens is 300 g/mol. The number of carbonyl (C=O) groups is 1. The first kappa shape index (κ1) is 16.7. The average molecular weight is 326 g/mol. The van der Waals surface area contributed by atoms with Crippen LogP contribution in [0.4, 0.5) is 0 Å². The van der Waals surface area contributed by atoms with Crippen molar-refractivity contribution >= 4 is 5.91 Å². The Kier molecular flexibility index (Phi) is 5.30. The van der Waals surface area contributed by atoms with Gasteiger partial charge in [0.25, 0.3) is 0 Å². The fraction of sp³-hybridized carbons (Fsp3) is 0.474. The van der Waals surface area contributed by atoms with Crippen LogP contribution >= 0.6 is 0 Å². The summed E-state index contributed by atoms with van der Waals surface area (Å²) < 4.78 is 1.85. The summed E-state index contributed by atoms with van der Waals surface area (Å²) in [6.07, 6.45) is 4.33. The minimum absolute atomic E-state index is 0.235. The largest absolute Gasteiger partial charge is 0.340 e. The smallest absolute Gasteiger partial charge is 0.224 e. The molecule has 0 N–H and O–H groups in total. The molecule has 1 aliphatic rings. The molecule has 0 aliphatic carbocycles. The molecule has 1 fully saturated rings. The quantitative estimate of drug-likeness (QED) is 0.846. The Morgan fingerprint density at radius 2 is 1.92 bits per heavy atom. The standard InChI is InChI=1S/C19H26N4O/c1-16-4-3-5-18(12-16)15-21-8-10-22(11-9-21)19(24)6-7-23-14-17(2)13-20-23/h3-5,12-14H,6-11,15H2,1-2H3. The molecule has 2 aromatic rings. The fourth-order valence-corrected chi connectivity index (χ4v) is 3.18. The molecule has 1 saturated heterocycles. The minimum Gasteiger partial charge on any atom is -0.340 e. The van der Waals surface area contributed by atoms with Crippen LogP contribution < -0.4 is 0 Å². The van der Waals surface area contributed by atoms with Crippen molar-refractivity contribution in [3.05, 3.63) is 53.3 Å². The van der Waals surface area contributed by atoms with Crippen LogP contribution in [-0.4, -0.2) is 51.7 Å². The highest BCUT2D eigenvalue weighted by atomic mass is 16.2. The molecule has 5 nitrogen and oxygen atoms in total. The van der Waals surface area contributed by atoms with E-state index in [1.165, 1.54) is 11.1 Å². The lowest BCUT2D eigenvalue weighted by molar-refractivity contribution is -0.133. The van der Waals surface area contributed by atoms with Crippen LogP contribution in [0.2, 0.25) is 0 Å². The molecule has 128 valence electrons. The van der Waals surface area contributed by atoms with Gasteiger partial charge in [-0.1, -0.05) is 29.8 Å². The summed E-state index contributed by atoms with van der Waals surface area (Å²) in [5.41, 5.74) is 3.78. The molecule has 0 saturated carbocycles. The van der Waals surface area contributed by atoms with Crippen LogP contribution in [0.1, 0.15) is 23.1 Å². The Labute approximate surface area is 143 Å². The Hall–Kier alpha value is -2.14. The maximum absolute atomic E-state index is 12.4. The van der Waals surface area contributed by atoms with E-state index in [9.17, 15) is 4.79 Å². The Balaban J connectivity index is 1.43. The number of amides is 1. The predicted molar refractivity (Wildman–Crippen MR) is 94.6 cm³/mol. The van der Waals surface area contributed by atoms with E-state index >= 15 is 0 Å². The van der Waals surface area contributed by atoms with Gasteiger partial charge in [-0.3, -0.25) is 14.4 Å². The van der Waals surface area contributed by atoms with Gasteiger partial charge in [0.05, 0.1) is 6.20 Å². The summed E-state index contributed by atoms with van der Waals surface area (Å²) >= 11 is 0. The summed E-state index contributed by atoms with van der Waals surface area (Å²) in [5.74, 6) is 0.235. The first-order valence-electron chi connectivity index (χ1n) is 8.65. The zero-order valence-electron chi connectivity index (χ0n) is 14.6. The molecule has 0 bridgehead atoms. The second-order valence-corrected chi connectivity index (χ2v) is 6.68. The van der Waals surface area contributed by atoms with E-state index in [-0.39, 0.29) is 5.91 Å². The summed E-state index contributed by atoms with van der Waals surface area (Å²) in [6.45, 7) is 9.30. The van der Waals surface area contributed by atoms with Gasteiger partial charge in [0.15, 0.2) is 0 Å². The third kappa shape index (κ3) is 4.45. The second-order valence-electron chi connectivity index (χ2n) is 6.68. The van der Waals surface area contributed by atoms with Crippen molar-refractivity contribution in [1.29, 1.82) is 0 Å². The number of rotatable bonds is 5. The molecule has 0 spiro atoms. The topological polar surface area (TPSA) is 41.4 Å².